The SMILES string of the molecule is NC(=O)CCNC(=O)c1ccccc1NC(=O)c1cc(F)ccc1Br. The molecule has 0 radical (unpaired) electrons. The van der Waals surface area contributed by atoms with Crippen LogP contribution in [0.4, 0.5) is 10.1 Å². The molecule has 0 unspecified atom stereocenters. The van der Waals surface area contributed by atoms with Gasteiger partial charge in [-0.3, -0.25) is 14.4 Å². The van der Waals surface area contributed by atoms with Gasteiger partial charge in [0.25, 0.3) is 11.8 Å². The predicted octanol–water partition coefficient (Wildman–Crippen LogP) is 2.45. The molecule has 0 heterocycles. The minimum atomic E-state index is -0.566. The van der Waals surface area contributed by atoms with Gasteiger partial charge < -0.3 is 16.4 Å². The van der Waals surface area contributed by atoms with E-state index in [9.17, 15) is 18.8 Å². The van der Waals surface area contributed by atoms with Gasteiger partial charge in [0, 0.05) is 17.4 Å². The highest BCUT2D eigenvalue weighted by molar-refractivity contribution is 9.10. The smallest absolute Gasteiger partial charge is 0.256 e. The number of para-hydroxylation sites is 1. The standard InChI is InChI=1S/C17H15BrFN3O3/c18-13-6-5-10(19)9-12(13)17(25)22-14-4-2-1-3-11(14)16(24)21-8-7-15(20)23/h1-6,9H,7-8H2,(H2,20,23)(H,21,24)(H,22,25). The number of halogens is 2. The lowest BCUT2D eigenvalue weighted by Gasteiger charge is -2.12. The molecule has 0 aliphatic heterocycles. The molecule has 25 heavy (non-hydrogen) atoms. The van der Waals surface area contributed by atoms with Gasteiger partial charge >= 0.3 is 0 Å². The third-order valence-corrected chi connectivity index (χ3v) is 3.94. The molecule has 0 saturated carbocycles. The first-order valence-corrected chi connectivity index (χ1v) is 8.09. The van der Waals surface area contributed by atoms with Crippen LogP contribution in [0.2, 0.25) is 0 Å². The maximum Gasteiger partial charge on any atom is 0.256 e. The molecule has 0 spiro atoms. The molecule has 2 rings (SSSR count). The van der Waals surface area contributed by atoms with Gasteiger partial charge in [-0.05, 0) is 46.3 Å². The third kappa shape index (κ3) is 5.12. The van der Waals surface area contributed by atoms with Crippen molar-refractivity contribution in [2.24, 2.45) is 5.73 Å². The normalized spacial score (nSPS) is 10.2. The van der Waals surface area contributed by atoms with Crippen LogP contribution < -0.4 is 16.4 Å². The van der Waals surface area contributed by atoms with Gasteiger partial charge in [-0.15, -0.1) is 0 Å². The molecule has 3 amide bonds. The van der Waals surface area contributed by atoms with Gasteiger partial charge in [0.05, 0.1) is 16.8 Å². The van der Waals surface area contributed by atoms with Crippen molar-refractivity contribution in [3.05, 3.63) is 63.9 Å². The van der Waals surface area contributed by atoms with E-state index in [0.717, 1.165) is 6.07 Å². The van der Waals surface area contributed by atoms with Crippen molar-refractivity contribution >= 4 is 39.3 Å². The number of nitrogens with two attached hydrogens (primary N) is 1. The minimum Gasteiger partial charge on any atom is -0.370 e. The van der Waals surface area contributed by atoms with Crippen LogP contribution in [-0.4, -0.2) is 24.3 Å². The van der Waals surface area contributed by atoms with Gasteiger partial charge in [0.1, 0.15) is 5.82 Å². The fraction of sp³-hybridized carbons (Fsp3) is 0.118. The van der Waals surface area contributed by atoms with Gasteiger partial charge in [0.2, 0.25) is 5.91 Å². The number of carbonyl (C=O) groups is 3. The summed E-state index contributed by atoms with van der Waals surface area (Å²) in [5.41, 5.74) is 5.60. The van der Waals surface area contributed by atoms with Crippen LogP contribution in [0.3, 0.4) is 0 Å². The van der Waals surface area contributed by atoms with E-state index in [1.54, 1.807) is 18.2 Å². The molecule has 130 valence electrons. The molecule has 0 saturated heterocycles. The average molecular weight is 408 g/mol. The summed E-state index contributed by atoms with van der Waals surface area (Å²) in [7, 11) is 0. The highest BCUT2D eigenvalue weighted by Gasteiger charge is 2.16. The second-order valence-corrected chi connectivity index (χ2v) is 5.95. The van der Waals surface area contributed by atoms with E-state index >= 15 is 0 Å². The highest BCUT2D eigenvalue weighted by atomic mass is 79.9. The number of amides is 3. The van der Waals surface area contributed by atoms with E-state index in [0.29, 0.717) is 4.47 Å². The van der Waals surface area contributed by atoms with E-state index in [4.69, 9.17) is 5.73 Å². The summed E-state index contributed by atoms with van der Waals surface area (Å²) in [6.45, 7) is 0.0892. The maximum atomic E-state index is 13.4. The van der Waals surface area contributed by atoms with Crippen LogP contribution in [0.25, 0.3) is 0 Å². The molecule has 0 fully saturated rings. The number of anilines is 1. The lowest BCUT2D eigenvalue weighted by atomic mass is 10.1. The second kappa shape index (κ2) is 8.39. The Labute approximate surface area is 151 Å². The number of hydrogen-bond acceptors (Lipinski definition) is 3. The summed E-state index contributed by atoms with van der Waals surface area (Å²) in [4.78, 5) is 35.3. The molecular formula is C17H15BrFN3O3. The van der Waals surface area contributed by atoms with E-state index in [1.807, 2.05) is 0 Å². The molecule has 8 heteroatoms. The molecule has 0 aliphatic carbocycles. The molecule has 0 atom stereocenters. The van der Waals surface area contributed by atoms with Crippen LogP contribution in [-0.2, 0) is 4.79 Å². The molecule has 6 nitrogen and oxygen atoms in total. The fourth-order valence-corrected chi connectivity index (χ4v) is 2.47. The Bertz CT molecular complexity index is 827. The Hall–Kier alpha value is -2.74. The van der Waals surface area contributed by atoms with Crippen LogP contribution in [0, 0.1) is 5.82 Å². The first-order valence-electron chi connectivity index (χ1n) is 7.30. The Morgan fingerprint density at radius 1 is 1.04 bits per heavy atom. The third-order valence-electron chi connectivity index (χ3n) is 3.25. The largest absolute Gasteiger partial charge is 0.370 e. The van der Waals surface area contributed by atoms with E-state index in [1.165, 1.54) is 18.2 Å². The zero-order valence-electron chi connectivity index (χ0n) is 13.0. The van der Waals surface area contributed by atoms with Crippen LogP contribution >= 0.6 is 15.9 Å². The van der Waals surface area contributed by atoms with Crippen LogP contribution in [0.15, 0.2) is 46.9 Å². The van der Waals surface area contributed by atoms with Crippen molar-refractivity contribution in [1.29, 1.82) is 0 Å². The zero-order valence-corrected chi connectivity index (χ0v) is 14.6. The van der Waals surface area contributed by atoms with Gasteiger partial charge in [0.15, 0.2) is 0 Å². The van der Waals surface area contributed by atoms with Crippen molar-refractivity contribution in [3.8, 4) is 0 Å². The van der Waals surface area contributed by atoms with E-state index < -0.39 is 23.5 Å². The number of nitrogens with one attached hydrogen (secondary N) is 2. The number of rotatable bonds is 6. The molecule has 0 aliphatic rings. The lowest BCUT2D eigenvalue weighted by molar-refractivity contribution is -0.117. The van der Waals surface area contributed by atoms with Crippen molar-refractivity contribution in [2.45, 2.75) is 6.42 Å². The van der Waals surface area contributed by atoms with E-state index in [2.05, 4.69) is 26.6 Å². The molecule has 0 bridgehead atoms. The topological polar surface area (TPSA) is 101 Å². The summed E-state index contributed by atoms with van der Waals surface area (Å²) in [5, 5.41) is 5.13. The van der Waals surface area contributed by atoms with Crippen LogP contribution in [0.5, 0.6) is 0 Å². The maximum absolute atomic E-state index is 13.4. The van der Waals surface area contributed by atoms with Crippen molar-refractivity contribution in [3.63, 3.8) is 0 Å². The predicted molar refractivity (Wildman–Crippen MR) is 94.6 cm³/mol. The zero-order chi connectivity index (χ0) is 18.4. The summed E-state index contributed by atoms with van der Waals surface area (Å²) < 4.78 is 13.8. The summed E-state index contributed by atoms with van der Waals surface area (Å²) in [6, 6.07) is 10.1. The monoisotopic (exact) mass is 407 g/mol. The minimum absolute atomic E-state index is 0.0104. The summed E-state index contributed by atoms with van der Waals surface area (Å²) in [5.74, 6) is -2.11. The van der Waals surface area contributed by atoms with Crippen LogP contribution in [0.1, 0.15) is 27.1 Å². The second-order valence-electron chi connectivity index (χ2n) is 5.10. The van der Waals surface area contributed by atoms with Crippen molar-refractivity contribution < 1.29 is 18.8 Å². The van der Waals surface area contributed by atoms with E-state index in [-0.39, 0.29) is 29.8 Å². The number of hydrogen-bond donors (Lipinski definition) is 3. The Kier molecular flexibility index (Phi) is 6.24. The Balaban J connectivity index is 2.17. The van der Waals surface area contributed by atoms with Gasteiger partial charge in [-0.1, -0.05) is 12.1 Å². The summed E-state index contributed by atoms with van der Waals surface area (Å²) in [6.07, 6.45) is 0.0104. The van der Waals surface area contributed by atoms with Gasteiger partial charge in [-0.25, -0.2) is 4.39 Å². The van der Waals surface area contributed by atoms with Crippen molar-refractivity contribution in [1.82, 2.24) is 5.32 Å². The molecule has 2 aromatic carbocycles. The highest BCUT2D eigenvalue weighted by Crippen LogP contribution is 2.21. The molecule has 0 aromatic heterocycles. The Morgan fingerprint density at radius 2 is 1.76 bits per heavy atom. The first kappa shape index (κ1) is 18.6. The lowest BCUT2D eigenvalue weighted by Crippen LogP contribution is -2.28. The number of primary amides is 1. The average Bonchev–Trinajstić information content (AvgIpc) is 2.57. The molecule has 4 N–H and O–H groups in total. The molecular weight excluding hydrogens is 393 g/mol. The quantitative estimate of drug-likeness (QED) is 0.685. The van der Waals surface area contributed by atoms with Crippen molar-refractivity contribution in [2.75, 3.05) is 11.9 Å². The summed E-state index contributed by atoms with van der Waals surface area (Å²) >= 11 is 3.19. The fourth-order valence-electron chi connectivity index (χ4n) is 2.05. The Morgan fingerprint density at radius 3 is 2.48 bits per heavy atom. The molecule has 2 aromatic rings. The number of benzene rings is 2. The first-order chi connectivity index (χ1) is 11.9. The number of carbonyl (C=O) groups excluding carboxylic acids is 3. The van der Waals surface area contributed by atoms with Gasteiger partial charge in [-0.2, -0.15) is 0 Å².